The van der Waals surface area contributed by atoms with Crippen LogP contribution in [0.1, 0.15) is 52.9 Å². The van der Waals surface area contributed by atoms with Crippen molar-refractivity contribution in [1.29, 1.82) is 0 Å². The van der Waals surface area contributed by atoms with Gasteiger partial charge in [0.25, 0.3) is 0 Å². The number of carbonyl (C=O) groups excluding carboxylic acids is 1. The van der Waals surface area contributed by atoms with Gasteiger partial charge < -0.3 is 10.1 Å². The third-order valence-electron chi connectivity index (χ3n) is 2.14. The van der Waals surface area contributed by atoms with E-state index in [1.54, 1.807) is 0 Å². The van der Waals surface area contributed by atoms with Crippen LogP contribution in [0.4, 0.5) is 4.79 Å². The van der Waals surface area contributed by atoms with E-state index in [9.17, 15) is 4.79 Å². The monoisotopic (exact) mass is 201 g/mol. The Labute approximate surface area is 87.2 Å². The molecule has 0 rings (SSSR count). The van der Waals surface area contributed by atoms with Crippen LogP contribution < -0.4 is 5.32 Å². The zero-order valence-corrected chi connectivity index (χ0v) is 9.64. The molecule has 84 valence electrons. The molecule has 0 heterocycles. The van der Waals surface area contributed by atoms with Crippen molar-refractivity contribution in [2.45, 2.75) is 59.0 Å². The number of ether oxygens (including phenoxy) is 1. The molecule has 0 saturated heterocycles. The zero-order valence-electron chi connectivity index (χ0n) is 9.64. The number of nitrogens with one attached hydrogen (secondary N) is 1. The van der Waals surface area contributed by atoms with Crippen molar-refractivity contribution in [1.82, 2.24) is 5.32 Å². The summed E-state index contributed by atoms with van der Waals surface area (Å²) in [5.74, 6) is 0. The van der Waals surface area contributed by atoms with Crippen LogP contribution in [0.3, 0.4) is 0 Å². The highest BCUT2D eigenvalue weighted by molar-refractivity contribution is 5.67. The smallest absolute Gasteiger partial charge is 0.407 e. The number of hydrogen-bond acceptors (Lipinski definition) is 2. The average Bonchev–Trinajstić information content (AvgIpc) is 2.17. The number of amides is 1. The predicted octanol–water partition coefficient (Wildman–Crippen LogP) is 3.09. The Bertz CT molecular complexity index is 148. The fourth-order valence-corrected chi connectivity index (χ4v) is 1.23. The topological polar surface area (TPSA) is 38.3 Å². The summed E-state index contributed by atoms with van der Waals surface area (Å²) in [6, 6.07) is 0. The van der Waals surface area contributed by atoms with Gasteiger partial charge in [0.05, 0.1) is 0 Å². The maximum atomic E-state index is 11.2. The van der Waals surface area contributed by atoms with E-state index in [1.807, 2.05) is 6.92 Å². The molecule has 3 nitrogen and oxygen atoms in total. The van der Waals surface area contributed by atoms with Crippen LogP contribution in [0.5, 0.6) is 0 Å². The Morgan fingerprint density at radius 3 is 2.50 bits per heavy atom. The van der Waals surface area contributed by atoms with Crippen LogP contribution in [0.25, 0.3) is 0 Å². The van der Waals surface area contributed by atoms with Gasteiger partial charge in [0.2, 0.25) is 0 Å². The second-order valence-electron chi connectivity index (χ2n) is 3.50. The molecular weight excluding hydrogens is 178 g/mol. The van der Waals surface area contributed by atoms with Gasteiger partial charge in [0.15, 0.2) is 0 Å². The standard InChI is InChI=1S/C11H23NO2/c1-4-7-9-12-11(13)14-10(6-3)8-5-2/h10H,4-9H2,1-3H3,(H,12,13). The van der Waals surface area contributed by atoms with Gasteiger partial charge in [-0.1, -0.05) is 33.6 Å². The second-order valence-corrected chi connectivity index (χ2v) is 3.50. The Morgan fingerprint density at radius 1 is 1.29 bits per heavy atom. The van der Waals surface area contributed by atoms with E-state index in [0.29, 0.717) is 0 Å². The van der Waals surface area contributed by atoms with Crippen LogP contribution in [-0.2, 0) is 4.74 Å². The molecule has 0 aromatic rings. The van der Waals surface area contributed by atoms with Gasteiger partial charge in [0, 0.05) is 6.54 Å². The molecule has 3 heteroatoms. The molecule has 0 spiro atoms. The van der Waals surface area contributed by atoms with Crippen molar-refractivity contribution in [2.24, 2.45) is 0 Å². The third-order valence-corrected chi connectivity index (χ3v) is 2.14. The van der Waals surface area contributed by atoms with E-state index in [-0.39, 0.29) is 12.2 Å². The lowest BCUT2D eigenvalue weighted by molar-refractivity contribution is 0.0898. The molecule has 1 N–H and O–H groups in total. The largest absolute Gasteiger partial charge is 0.446 e. The van der Waals surface area contributed by atoms with Gasteiger partial charge in [0.1, 0.15) is 6.10 Å². The normalized spacial score (nSPS) is 12.2. The highest BCUT2D eigenvalue weighted by Crippen LogP contribution is 2.06. The fourth-order valence-electron chi connectivity index (χ4n) is 1.23. The molecule has 0 radical (unpaired) electrons. The van der Waals surface area contributed by atoms with Crippen LogP contribution in [0.15, 0.2) is 0 Å². The third kappa shape index (κ3) is 6.75. The molecule has 0 aliphatic rings. The number of rotatable bonds is 7. The van der Waals surface area contributed by atoms with Crippen molar-refractivity contribution in [3.8, 4) is 0 Å². The van der Waals surface area contributed by atoms with Crippen molar-refractivity contribution < 1.29 is 9.53 Å². The highest BCUT2D eigenvalue weighted by atomic mass is 16.6. The number of unbranched alkanes of at least 4 members (excludes halogenated alkanes) is 1. The summed E-state index contributed by atoms with van der Waals surface area (Å²) < 4.78 is 5.24. The van der Waals surface area contributed by atoms with E-state index < -0.39 is 0 Å². The Morgan fingerprint density at radius 2 is 2.00 bits per heavy atom. The van der Waals surface area contributed by atoms with E-state index in [1.165, 1.54) is 0 Å². The van der Waals surface area contributed by atoms with Crippen LogP contribution in [-0.4, -0.2) is 18.7 Å². The summed E-state index contributed by atoms with van der Waals surface area (Å²) >= 11 is 0. The maximum Gasteiger partial charge on any atom is 0.407 e. The minimum Gasteiger partial charge on any atom is -0.446 e. The molecule has 0 aromatic carbocycles. The van der Waals surface area contributed by atoms with Crippen LogP contribution in [0, 0.1) is 0 Å². The lowest BCUT2D eigenvalue weighted by Crippen LogP contribution is -2.29. The molecule has 1 amide bonds. The van der Waals surface area contributed by atoms with Crippen molar-refractivity contribution in [3.63, 3.8) is 0 Å². The molecule has 0 saturated carbocycles. The summed E-state index contributed by atoms with van der Waals surface area (Å²) in [4.78, 5) is 11.2. The lowest BCUT2D eigenvalue weighted by Gasteiger charge is -2.15. The summed E-state index contributed by atoms with van der Waals surface area (Å²) in [7, 11) is 0. The first-order valence-corrected chi connectivity index (χ1v) is 5.69. The maximum absolute atomic E-state index is 11.2. The molecule has 0 aliphatic heterocycles. The predicted molar refractivity (Wildman–Crippen MR) is 58.4 cm³/mol. The molecule has 1 atom stereocenters. The van der Waals surface area contributed by atoms with Gasteiger partial charge >= 0.3 is 6.09 Å². The fraction of sp³-hybridized carbons (Fsp3) is 0.909. The quantitative estimate of drug-likeness (QED) is 0.643. The molecule has 0 fully saturated rings. The van der Waals surface area contributed by atoms with Gasteiger partial charge in [-0.15, -0.1) is 0 Å². The minimum absolute atomic E-state index is 0.0848. The first-order chi connectivity index (χ1) is 6.74. The van der Waals surface area contributed by atoms with E-state index >= 15 is 0 Å². The average molecular weight is 201 g/mol. The van der Waals surface area contributed by atoms with E-state index in [4.69, 9.17) is 4.74 Å². The summed E-state index contributed by atoms with van der Waals surface area (Å²) in [5, 5.41) is 2.75. The van der Waals surface area contributed by atoms with Gasteiger partial charge in [-0.05, 0) is 19.3 Å². The first kappa shape index (κ1) is 13.3. The molecule has 0 aromatic heterocycles. The van der Waals surface area contributed by atoms with Crippen LogP contribution in [0.2, 0.25) is 0 Å². The molecule has 0 aliphatic carbocycles. The number of carbonyl (C=O) groups is 1. The zero-order chi connectivity index (χ0) is 10.8. The minimum atomic E-state index is -0.265. The van der Waals surface area contributed by atoms with Crippen molar-refractivity contribution in [3.05, 3.63) is 0 Å². The molecular formula is C11H23NO2. The highest BCUT2D eigenvalue weighted by Gasteiger charge is 2.10. The van der Waals surface area contributed by atoms with Crippen LogP contribution >= 0.6 is 0 Å². The SMILES string of the molecule is CCCCNC(=O)OC(CC)CCC. The Hall–Kier alpha value is -0.730. The van der Waals surface area contributed by atoms with Gasteiger partial charge in [-0.2, -0.15) is 0 Å². The van der Waals surface area contributed by atoms with E-state index in [2.05, 4.69) is 19.2 Å². The number of alkyl carbamates (subject to hydrolysis) is 1. The molecule has 14 heavy (non-hydrogen) atoms. The summed E-state index contributed by atoms with van der Waals surface area (Å²) in [6.07, 6.45) is 4.83. The Balaban J connectivity index is 3.56. The van der Waals surface area contributed by atoms with E-state index in [0.717, 1.165) is 38.6 Å². The Kier molecular flexibility index (Phi) is 8.39. The molecule has 1 unspecified atom stereocenters. The van der Waals surface area contributed by atoms with Crippen molar-refractivity contribution >= 4 is 6.09 Å². The van der Waals surface area contributed by atoms with Gasteiger partial charge in [-0.25, -0.2) is 4.79 Å². The number of hydrogen-bond donors (Lipinski definition) is 1. The molecule has 0 bridgehead atoms. The lowest BCUT2D eigenvalue weighted by atomic mass is 10.2. The summed E-state index contributed by atoms with van der Waals surface area (Å²) in [6.45, 7) is 6.96. The first-order valence-electron chi connectivity index (χ1n) is 5.69. The van der Waals surface area contributed by atoms with Gasteiger partial charge in [-0.3, -0.25) is 0 Å². The van der Waals surface area contributed by atoms with Crippen molar-refractivity contribution in [2.75, 3.05) is 6.54 Å². The second kappa shape index (κ2) is 8.85. The summed E-state index contributed by atoms with van der Waals surface area (Å²) in [5.41, 5.74) is 0.